The number of nitrogens with one attached hydrogen (secondary N) is 1. The van der Waals surface area contributed by atoms with Crippen LogP contribution in [0.1, 0.15) is 5.56 Å². The van der Waals surface area contributed by atoms with E-state index in [9.17, 15) is 4.79 Å². The molecule has 0 unspecified atom stereocenters. The van der Waals surface area contributed by atoms with E-state index in [-0.39, 0.29) is 11.8 Å². The molecule has 0 radical (unpaired) electrons. The van der Waals surface area contributed by atoms with Gasteiger partial charge in [0.25, 0.3) is 0 Å². The highest BCUT2D eigenvalue weighted by atomic mass is 35.5. The first-order chi connectivity index (χ1) is 7.27. The third-order valence-electron chi connectivity index (χ3n) is 2.03. The van der Waals surface area contributed by atoms with Gasteiger partial charge in [-0.3, -0.25) is 4.79 Å². The van der Waals surface area contributed by atoms with Crippen molar-refractivity contribution in [3.05, 3.63) is 29.8 Å². The average molecular weight is 228 g/mol. The number of rotatable bonds is 5. The second kappa shape index (κ2) is 6.30. The van der Waals surface area contributed by atoms with Crippen LogP contribution in [0.2, 0.25) is 0 Å². The van der Waals surface area contributed by atoms with E-state index in [1.807, 2.05) is 24.3 Å². The van der Waals surface area contributed by atoms with Gasteiger partial charge in [-0.15, -0.1) is 11.6 Å². The van der Waals surface area contributed by atoms with Crippen LogP contribution in [-0.4, -0.2) is 25.4 Å². The van der Waals surface area contributed by atoms with Crippen molar-refractivity contribution in [3.63, 3.8) is 0 Å². The van der Waals surface area contributed by atoms with Crippen LogP contribution in [0.4, 0.5) is 0 Å². The van der Waals surface area contributed by atoms with Gasteiger partial charge in [0, 0.05) is 6.54 Å². The normalized spacial score (nSPS) is 9.73. The van der Waals surface area contributed by atoms with Crippen molar-refractivity contribution in [3.8, 4) is 5.75 Å². The zero-order valence-electron chi connectivity index (χ0n) is 8.63. The van der Waals surface area contributed by atoms with Gasteiger partial charge < -0.3 is 10.1 Å². The summed E-state index contributed by atoms with van der Waals surface area (Å²) in [7, 11) is 1.64. The number of benzene rings is 1. The van der Waals surface area contributed by atoms with Crippen molar-refractivity contribution < 1.29 is 9.53 Å². The Labute approximate surface area is 94.4 Å². The van der Waals surface area contributed by atoms with Gasteiger partial charge in [0.2, 0.25) is 5.91 Å². The van der Waals surface area contributed by atoms with E-state index in [1.54, 1.807) is 7.11 Å². The van der Waals surface area contributed by atoms with E-state index in [0.717, 1.165) is 17.7 Å². The van der Waals surface area contributed by atoms with E-state index in [0.29, 0.717) is 6.54 Å². The Morgan fingerprint density at radius 1 is 1.47 bits per heavy atom. The fourth-order valence-electron chi connectivity index (χ4n) is 1.29. The third-order valence-corrected chi connectivity index (χ3v) is 2.27. The molecule has 1 amide bonds. The fraction of sp³-hybridized carbons (Fsp3) is 0.364. The van der Waals surface area contributed by atoms with Gasteiger partial charge >= 0.3 is 0 Å². The average Bonchev–Trinajstić information content (AvgIpc) is 2.29. The molecule has 0 saturated heterocycles. The molecule has 0 spiro atoms. The van der Waals surface area contributed by atoms with E-state index in [2.05, 4.69) is 5.32 Å². The molecule has 0 saturated carbocycles. The SMILES string of the molecule is COc1ccccc1CCNC(=O)CCl. The topological polar surface area (TPSA) is 38.3 Å². The van der Waals surface area contributed by atoms with Gasteiger partial charge in [0.05, 0.1) is 7.11 Å². The summed E-state index contributed by atoms with van der Waals surface area (Å²) in [6.45, 7) is 0.575. The zero-order valence-corrected chi connectivity index (χ0v) is 9.38. The second-order valence-corrected chi connectivity index (χ2v) is 3.31. The number of carbonyl (C=O) groups excluding carboxylic acids is 1. The van der Waals surface area contributed by atoms with Crippen LogP contribution in [0.25, 0.3) is 0 Å². The maximum absolute atomic E-state index is 10.9. The predicted molar refractivity (Wildman–Crippen MR) is 60.4 cm³/mol. The largest absolute Gasteiger partial charge is 0.496 e. The van der Waals surface area contributed by atoms with Gasteiger partial charge in [-0.2, -0.15) is 0 Å². The highest BCUT2D eigenvalue weighted by Gasteiger charge is 2.02. The number of alkyl halides is 1. The number of para-hydroxylation sites is 1. The molecule has 0 aromatic heterocycles. The number of methoxy groups -OCH3 is 1. The molecule has 0 bridgehead atoms. The number of halogens is 1. The van der Waals surface area contributed by atoms with Crippen molar-refractivity contribution in [2.24, 2.45) is 0 Å². The maximum atomic E-state index is 10.9. The molecule has 4 heteroatoms. The van der Waals surface area contributed by atoms with E-state index >= 15 is 0 Å². The summed E-state index contributed by atoms with van der Waals surface area (Å²) >= 11 is 5.36. The summed E-state index contributed by atoms with van der Waals surface area (Å²) in [5.74, 6) is 0.704. The van der Waals surface area contributed by atoms with Crippen LogP contribution in [-0.2, 0) is 11.2 Å². The quantitative estimate of drug-likeness (QED) is 0.776. The van der Waals surface area contributed by atoms with Crippen LogP contribution >= 0.6 is 11.6 Å². The summed E-state index contributed by atoms with van der Waals surface area (Å²) in [6, 6.07) is 7.74. The first-order valence-electron chi connectivity index (χ1n) is 4.72. The van der Waals surface area contributed by atoms with E-state index in [1.165, 1.54) is 0 Å². The maximum Gasteiger partial charge on any atom is 0.234 e. The van der Waals surface area contributed by atoms with Gasteiger partial charge in [-0.05, 0) is 18.1 Å². The molecule has 0 aliphatic carbocycles. The van der Waals surface area contributed by atoms with Gasteiger partial charge in [0.1, 0.15) is 11.6 Å². The fourth-order valence-corrected chi connectivity index (χ4v) is 1.39. The Morgan fingerprint density at radius 2 is 2.20 bits per heavy atom. The van der Waals surface area contributed by atoms with Crippen molar-refractivity contribution in [2.75, 3.05) is 19.5 Å². The lowest BCUT2D eigenvalue weighted by Crippen LogP contribution is -2.26. The Balaban J connectivity index is 2.46. The molecule has 82 valence electrons. The summed E-state index contributed by atoms with van der Waals surface area (Å²) in [6.07, 6.45) is 0.743. The highest BCUT2D eigenvalue weighted by Crippen LogP contribution is 2.17. The van der Waals surface area contributed by atoms with Crippen LogP contribution in [0.15, 0.2) is 24.3 Å². The van der Waals surface area contributed by atoms with Crippen LogP contribution in [0.3, 0.4) is 0 Å². The van der Waals surface area contributed by atoms with Crippen molar-refractivity contribution >= 4 is 17.5 Å². The lowest BCUT2D eigenvalue weighted by atomic mass is 10.1. The lowest BCUT2D eigenvalue weighted by Gasteiger charge is -2.08. The minimum Gasteiger partial charge on any atom is -0.496 e. The molecule has 1 aromatic rings. The Morgan fingerprint density at radius 3 is 2.87 bits per heavy atom. The molecule has 0 atom stereocenters. The number of amides is 1. The van der Waals surface area contributed by atoms with E-state index < -0.39 is 0 Å². The number of carbonyl (C=O) groups is 1. The first kappa shape index (κ1) is 11.9. The molecular weight excluding hydrogens is 214 g/mol. The summed E-state index contributed by atoms with van der Waals surface area (Å²) in [5, 5.41) is 2.71. The van der Waals surface area contributed by atoms with Crippen LogP contribution < -0.4 is 10.1 Å². The smallest absolute Gasteiger partial charge is 0.234 e. The molecule has 1 N–H and O–H groups in total. The molecule has 0 aliphatic heterocycles. The number of ether oxygens (including phenoxy) is 1. The first-order valence-corrected chi connectivity index (χ1v) is 5.26. The minimum absolute atomic E-state index is 0.00588. The van der Waals surface area contributed by atoms with Gasteiger partial charge in [0.15, 0.2) is 0 Å². The summed E-state index contributed by atoms with van der Waals surface area (Å²) in [5.41, 5.74) is 1.08. The highest BCUT2D eigenvalue weighted by molar-refractivity contribution is 6.27. The Hall–Kier alpha value is -1.22. The standard InChI is InChI=1S/C11H14ClNO2/c1-15-10-5-3-2-4-9(10)6-7-13-11(14)8-12/h2-5H,6-8H2,1H3,(H,13,14). The van der Waals surface area contributed by atoms with E-state index in [4.69, 9.17) is 16.3 Å². The second-order valence-electron chi connectivity index (χ2n) is 3.05. The molecule has 0 aliphatic rings. The molecule has 15 heavy (non-hydrogen) atoms. The molecule has 0 heterocycles. The summed E-state index contributed by atoms with van der Waals surface area (Å²) in [4.78, 5) is 10.9. The lowest BCUT2D eigenvalue weighted by molar-refractivity contribution is -0.118. The molecular formula is C11H14ClNO2. The third kappa shape index (κ3) is 3.80. The summed E-state index contributed by atoms with van der Waals surface area (Å²) < 4.78 is 5.19. The van der Waals surface area contributed by atoms with Gasteiger partial charge in [-0.1, -0.05) is 18.2 Å². The minimum atomic E-state index is -0.147. The van der Waals surface area contributed by atoms with Crippen molar-refractivity contribution in [1.82, 2.24) is 5.32 Å². The van der Waals surface area contributed by atoms with Crippen LogP contribution in [0, 0.1) is 0 Å². The van der Waals surface area contributed by atoms with Crippen molar-refractivity contribution in [1.29, 1.82) is 0 Å². The molecule has 3 nitrogen and oxygen atoms in total. The molecule has 0 fully saturated rings. The number of hydrogen-bond acceptors (Lipinski definition) is 2. The Bertz CT molecular complexity index is 328. The molecule has 1 rings (SSSR count). The van der Waals surface area contributed by atoms with Gasteiger partial charge in [-0.25, -0.2) is 0 Å². The van der Waals surface area contributed by atoms with Crippen LogP contribution in [0.5, 0.6) is 5.75 Å². The predicted octanol–water partition coefficient (Wildman–Crippen LogP) is 1.59. The number of hydrogen-bond donors (Lipinski definition) is 1. The monoisotopic (exact) mass is 227 g/mol. The Kier molecular flexibility index (Phi) is 4.98. The van der Waals surface area contributed by atoms with Crippen molar-refractivity contribution in [2.45, 2.75) is 6.42 Å². The molecule has 1 aromatic carbocycles. The zero-order chi connectivity index (χ0) is 11.1.